The van der Waals surface area contributed by atoms with Crippen molar-refractivity contribution in [2.45, 2.75) is 58.2 Å². The molecule has 2 aromatic carbocycles. The summed E-state index contributed by atoms with van der Waals surface area (Å²) in [5.74, 6) is -1.23. The number of carbonyl (C=O) groups is 2. The Morgan fingerprint density at radius 2 is 1.72 bits per heavy atom. The van der Waals surface area contributed by atoms with Crippen LogP contribution in [0.2, 0.25) is 0 Å². The molecule has 1 saturated heterocycles. The molecule has 0 aromatic heterocycles. The maximum absolute atomic E-state index is 13.2. The number of hydrogen-bond donors (Lipinski definition) is 0. The highest BCUT2D eigenvalue weighted by Crippen LogP contribution is 2.41. The van der Waals surface area contributed by atoms with Gasteiger partial charge in [-0.15, -0.1) is 0 Å². The maximum atomic E-state index is 13.2. The van der Waals surface area contributed by atoms with Crippen LogP contribution >= 0.6 is 0 Å². The second-order valence-electron chi connectivity index (χ2n) is 8.65. The molecule has 2 aromatic rings. The first-order valence-electron chi connectivity index (χ1n) is 10.2. The van der Waals surface area contributed by atoms with E-state index in [0.717, 1.165) is 11.6 Å². The minimum absolute atomic E-state index is 0.000744. The first-order valence-corrected chi connectivity index (χ1v) is 10.2. The molecule has 3 rings (SSSR count). The van der Waals surface area contributed by atoms with Gasteiger partial charge in [-0.2, -0.15) is 5.26 Å². The van der Waals surface area contributed by atoms with Gasteiger partial charge in [-0.25, -0.2) is 0 Å². The van der Waals surface area contributed by atoms with E-state index in [0.29, 0.717) is 17.7 Å². The van der Waals surface area contributed by atoms with Crippen molar-refractivity contribution >= 4 is 17.3 Å². The number of ether oxygens (including phenoxy) is 2. The summed E-state index contributed by atoms with van der Waals surface area (Å²) >= 11 is 0. The van der Waals surface area contributed by atoms with E-state index >= 15 is 0 Å². The molecule has 0 unspecified atom stereocenters. The Balaban J connectivity index is 2.07. The maximum Gasteiger partial charge on any atom is 0.271 e. The number of nitro benzene ring substituents is 1. The number of benzene rings is 2. The number of nitro groups is 1. The van der Waals surface area contributed by atoms with E-state index in [2.05, 4.69) is 0 Å². The molecular weight excluding hydrogens is 412 g/mol. The summed E-state index contributed by atoms with van der Waals surface area (Å²) in [5, 5.41) is 20.3. The van der Waals surface area contributed by atoms with Crippen molar-refractivity contribution < 1.29 is 24.0 Å². The molecule has 0 saturated carbocycles. The molecule has 0 bridgehead atoms. The van der Waals surface area contributed by atoms with Gasteiger partial charge in [0, 0.05) is 12.1 Å². The third-order valence-electron chi connectivity index (χ3n) is 5.55. The fourth-order valence-electron chi connectivity index (χ4n) is 4.00. The summed E-state index contributed by atoms with van der Waals surface area (Å²) in [6, 6.07) is 10.7. The lowest BCUT2D eigenvalue weighted by atomic mass is 9.73. The Hall–Kier alpha value is -3.57. The van der Waals surface area contributed by atoms with Gasteiger partial charge in [0.05, 0.1) is 4.92 Å². The molecule has 0 N–H and O–H groups in total. The smallest absolute Gasteiger partial charge is 0.271 e. The summed E-state index contributed by atoms with van der Waals surface area (Å²) in [4.78, 5) is 36.8. The lowest BCUT2D eigenvalue weighted by Crippen LogP contribution is -2.58. The van der Waals surface area contributed by atoms with Crippen molar-refractivity contribution in [2.75, 3.05) is 0 Å². The third kappa shape index (κ3) is 4.12. The van der Waals surface area contributed by atoms with E-state index < -0.39 is 22.0 Å². The first-order chi connectivity index (χ1) is 14.9. The minimum atomic E-state index is -1.14. The lowest BCUT2D eigenvalue weighted by molar-refractivity contribution is -0.384. The van der Waals surface area contributed by atoms with E-state index in [1.807, 2.05) is 13.0 Å². The van der Waals surface area contributed by atoms with Crippen molar-refractivity contribution in [1.82, 2.24) is 0 Å². The van der Waals surface area contributed by atoms with Crippen LogP contribution in [0.5, 0.6) is 11.5 Å². The Morgan fingerprint density at radius 3 is 2.25 bits per heavy atom. The van der Waals surface area contributed by atoms with Crippen LogP contribution in [0.1, 0.15) is 57.2 Å². The van der Waals surface area contributed by atoms with Gasteiger partial charge in [0.25, 0.3) is 5.69 Å². The number of ketones is 2. The van der Waals surface area contributed by atoms with Gasteiger partial charge >= 0.3 is 0 Å². The summed E-state index contributed by atoms with van der Waals surface area (Å²) < 4.78 is 11.6. The van der Waals surface area contributed by atoms with Crippen molar-refractivity contribution in [1.29, 1.82) is 5.26 Å². The van der Waals surface area contributed by atoms with Crippen LogP contribution in [0.3, 0.4) is 0 Å². The molecule has 8 nitrogen and oxygen atoms in total. The summed E-state index contributed by atoms with van der Waals surface area (Å²) in [5.41, 5.74) is -1.15. The fourth-order valence-corrected chi connectivity index (χ4v) is 4.00. The average Bonchev–Trinajstić information content (AvgIpc) is 2.72. The molecule has 1 fully saturated rings. The molecule has 32 heavy (non-hydrogen) atoms. The van der Waals surface area contributed by atoms with Crippen molar-refractivity contribution in [2.24, 2.45) is 0 Å². The van der Waals surface area contributed by atoms with E-state index in [1.165, 1.54) is 12.1 Å². The highest BCUT2D eigenvalue weighted by atomic mass is 16.6. The summed E-state index contributed by atoms with van der Waals surface area (Å²) in [6.07, 6.45) is 0.593. The number of carbonyl (C=O) groups excluding carboxylic acids is 2. The lowest BCUT2D eigenvalue weighted by Gasteiger charge is -2.43. The second kappa shape index (κ2) is 8.17. The molecule has 8 heteroatoms. The van der Waals surface area contributed by atoms with E-state index in [4.69, 9.17) is 9.47 Å². The quantitative estimate of drug-likeness (QED) is 0.381. The number of non-ortho nitro benzene ring substituents is 1. The molecule has 0 spiro atoms. The SMILES string of the molecule is CCc1ccc(Oc2ccc([N+](=O)[O-])cc2C#N)cc1C1C(=O)C(C)(C)OC(C)(C)C1=O. The number of nitriles is 1. The van der Waals surface area contributed by atoms with Gasteiger partial charge in [0.15, 0.2) is 11.6 Å². The number of aryl methyl sites for hydroxylation is 1. The number of Topliss-reactive ketones (excluding diaryl/α,β-unsaturated/α-hetero) is 2. The van der Waals surface area contributed by atoms with Crippen LogP contribution < -0.4 is 4.74 Å². The van der Waals surface area contributed by atoms with Gasteiger partial charge in [0.2, 0.25) is 0 Å². The Morgan fingerprint density at radius 1 is 1.09 bits per heavy atom. The number of nitrogens with zero attached hydrogens (tertiary/aromatic N) is 2. The zero-order chi connectivity index (χ0) is 23.8. The van der Waals surface area contributed by atoms with Crippen LogP contribution in [-0.4, -0.2) is 27.7 Å². The molecule has 0 aliphatic carbocycles. The van der Waals surface area contributed by atoms with Gasteiger partial charge < -0.3 is 9.47 Å². The highest BCUT2D eigenvalue weighted by Gasteiger charge is 2.53. The standard InChI is InChI=1S/C24H24N2O6/c1-6-14-7-9-17(31-19-10-8-16(26(29)30)11-15(19)13-25)12-18(14)20-21(27)23(2,3)32-24(4,5)22(20)28/h7-12,20H,6H2,1-5H3. The zero-order valence-electron chi connectivity index (χ0n) is 18.6. The molecule has 0 amide bonds. The van der Waals surface area contributed by atoms with Crippen molar-refractivity contribution in [3.05, 3.63) is 63.2 Å². The molecule has 1 heterocycles. The normalized spacial score (nSPS) is 17.6. The molecular formula is C24H24N2O6. The zero-order valence-corrected chi connectivity index (χ0v) is 18.6. The minimum Gasteiger partial charge on any atom is -0.456 e. The van der Waals surface area contributed by atoms with Gasteiger partial charge in [0.1, 0.15) is 40.3 Å². The van der Waals surface area contributed by atoms with E-state index in [1.54, 1.807) is 45.9 Å². The second-order valence-corrected chi connectivity index (χ2v) is 8.65. The molecule has 0 radical (unpaired) electrons. The van der Waals surface area contributed by atoms with Crippen molar-refractivity contribution in [3.63, 3.8) is 0 Å². The fraction of sp³-hybridized carbons (Fsp3) is 0.375. The summed E-state index contributed by atoms with van der Waals surface area (Å²) in [7, 11) is 0. The van der Waals surface area contributed by atoms with Gasteiger partial charge in [-0.05, 0) is 63.4 Å². The Kier molecular flexibility index (Phi) is 5.90. The number of rotatable bonds is 5. The van der Waals surface area contributed by atoms with Crippen molar-refractivity contribution in [3.8, 4) is 17.6 Å². The Labute approximate surface area is 185 Å². The molecule has 0 atom stereocenters. The Bertz CT molecular complexity index is 1130. The molecule has 1 aliphatic heterocycles. The predicted octanol–water partition coefficient (Wildman–Crippen LogP) is 4.63. The monoisotopic (exact) mass is 436 g/mol. The van der Waals surface area contributed by atoms with Crippen LogP contribution in [-0.2, 0) is 20.7 Å². The van der Waals surface area contributed by atoms with E-state index in [-0.39, 0.29) is 28.6 Å². The molecule has 1 aliphatic rings. The van der Waals surface area contributed by atoms with E-state index in [9.17, 15) is 25.0 Å². The predicted molar refractivity (Wildman–Crippen MR) is 116 cm³/mol. The van der Waals surface area contributed by atoms with Crippen LogP contribution in [0, 0.1) is 21.4 Å². The largest absolute Gasteiger partial charge is 0.456 e. The summed E-state index contributed by atoms with van der Waals surface area (Å²) in [6.45, 7) is 8.53. The van der Waals surface area contributed by atoms with Crippen LogP contribution in [0.4, 0.5) is 5.69 Å². The molecule has 166 valence electrons. The van der Waals surface area contributed by atoms with Crippen LogP contribution in [0.25, 0.3) is 0 Å². The first kappa shape index (κ1) is 23.1. The average molecular weight is 436 g/mol. The highest BCUT2D eigenvalue weighted by molar-refractivity contribution is 6.15. The van der Waals surface area contributed by atoms with Gasteiger partial charge in [-0.1, -0.05) is 13.0 Å². The van der Waals surface area contributed by atoms with Gasteiger partial charge in [-0.3, -0.25) is 19.7 Å². The topological polar surface area (TPSA) is 120 Å². The number of hydrogen-bond acceptors (Lipinski definition) is 7. The van der Waals surface area contributed by atoms with Crippen LogP contribution in [0.15, 0.2) is 36.4 Å². The third-order valence-corrected chi connectivity index (χ3v) is 5.55.